The molecular formula is C12H18ClN3O3. The van der Waals surface area contributed by atoms with Gasteiger partial charge in [-0.3, -0.25) is 14.9 Å². The molecular weight excluding hydrogens is 270 g/mol. The average molecular weight is 288 g/mol. The molecule has 0 radical (unpaired) electrons. The van der Waals surface area contributed by atoms with Crippen molar-refractivity contribution in [3.63, 3.8) is 0 Å². The van der Waals surface area contributed by atoms with Crippen LogP contribution in [0.3, 0.4) is 0 Å². The number of hydrogen-bond acceptors (Lipinski definition) is 4. The Kier molecular flexibility index (Phi) is 7.03. The molecule has 1 aromatic rings. The van der Waals surface area contributed by atoms with Gasteiger partial charge in [0.25, 0.3) is 5.69 Å². The first kappa shape index (κ1) is 17.3. The molecule has 0 aromatic heterocycles. The fraction of sp³-hybridized carbons (Fsp3) is 0.417. The SMILES string of the molecule is CC(C)C(N)C(=O)NCc1ccccc1[N+](=O)[O-].Cl. The van der Waals surface area contributed by atoms with Gasteiger partial charge in [0.2, 0.25) is 5.91 Å². The lowest BCUT2D eigenvalue weighted by Crippen LogP contribution is -2.43. The van der Waals surface area contributed by atoms with E-state index in [1.165, 1.54) is 6.07 Å². The largest absolute Gasteiger partial charge is 0.350 e. The summed E-state index contributed by atoms with van der Waals surface area (Å²) in [6, 6.07) is 5.69. The van der Waals surface area contributed by atoms with Crippen LogP contribution >= 0.6 is 12.4 Å². The number of nitrogens with one attached hydrogen (secondary N) is 1. The van der Waals surface area contributed by atoms with Crippen molar-refractivity contribution in [1.82, 2.24) is 5.32 Å². The first-order valence-corrected chi connectivity index (χ1v) is 5.69. The number of rotatable bonds is 5. The summed E-state index contributed by atoms with van der Waals surface area (Å²) in [4.78, 5) is 21.9. The molecule has 6 nitrogen and oxygen atoms in total. The molecule has 1 unspecified atom stereocenters. The second-order valence-electron chi connectivity index (χ2n) is 4.37. The molecule has 19 heavy (non-hydrogen) atoms. The van der Waals surface area contributed by atoms with E-state index in [-0.39, 0.29) is 36.5 Å². The number of hydrogen-bond donors (Lipinski definition) is 2. The van der Waals surface area contributed by atoms with Gasteiger partial charge in [-0.15, -0.1) is 12.4 Å². The number of nitro groups is 1. The molecule has 0 heterocycles. The van der Waals surface area contributed by atoms with E-state index >= 15 is 0 Å². The predicted molar refractivity (Wildman–Crippen MR) is 75.0 cm³/mol. The molecule has 3 N–H and O–H groups in total. The molecule has 0 saturated heterocycles. The minimum absolute atomic E-state index is 0. The smallest absolute Gasteiger partial charge is 0.274 e. The van der Waals surface area contributed by atoms with Crippen molar-refractivity contribution in [1.29, 1.82) is 0 Å². The highest BCUT2D eigenvalue weighted by atomic mass is 35.5. The Bertz CT molecular complexity index is 452. The number of nitrogens with two attached hydrogens (primary N) is 1. The maximum Gasteiger partial charge on any atom is 0.274 e. The van der Waals surface area contributed by atoms with Gasteiger partial charge < -0.3 is 11.1 Å². The van der Waals surface area contributed by atoms with Crippen molar-refractivity contribution in [2.24, 2.45) is 11.7 Å². The Morgan fingerprint density at radius 2 is 2.00 bits per heavy atom. The number of para-hydroxylation sites is 1. The zero-order valence-electron chi connectivity index (χ0n) is 10.8. The van der Waals surface area contributed by atoms with Gasteiger partial charge in [0.1, 0.15) is 0 Å². The Labute approximate surface area is 117 Å². The molecule has 1 aromatic carbocycles. The highest BCUT2D eigenvalue weighted by Crippen LogP contribution is 2.17. The number of halogens is 1. The summed E-state index contributed by atoms with van der Waals surface area (Å²) in [5, 5.41) is 13.4. The van der Waals surface area contributed by atoms with E-state index in [0.717, 1.165) is 0 Å². The van der Waals surface area contributed by atoms with Crippen LogP contribution in [0.1, 0.15) is 19.4 Å². The molecule has 0 bridgehead atoms. The van der Waals surface area contributed by atoms with E-state index < -0.39 is 11.0 Å². The zero-order chi connectivity index (χ0) is 13.7. The monoisotopic (exact) mass is 287 g/mol. The van der Waals surface area contributed by atoms with Crippen molar-refractivity contribution in [3.8, 4) is 0 Å². The number of carbonyl (C=O) groups is 1. The van der Waals surface area contributed by atoms with Crippen LogP contribution in [-0.2, 0) is 11.3 Å². The van der Waals surface area contributed by atoms with E-state index in [1.54, 1.807) is 18.2 Å². The number of nitrogens with zero attached hydrogens (tertiary/aromatic N) is 1. The number of carbonyl (C=O) groups excluding carboxylic acids is 1. The molecule has 7 heteroatoms. The lowest BCUT2D eigenvalue weighted by atomic mass is 10.0. The third-order valence-electron chi connectivity index (χ3n) is 2.66. The zero-order valence-corrected chi connectivity index (χ0v) is 11.6. The van der Waals surface area contributed by atoms with Gasteiger partial charge in [0.15, 0.2) is 0 Å². The summed E-state index contributed by atoms with van der Waals surface area (Å²) < 4.78 is 0. The Balaban J connectivity index is 0.00000324. The summed E-state index contributed by atoms with van der Waals surface area (Å²) in [6.45, 7) is 3.79. The van der Waals surface area contributed by atoms with Crippen molar-refractivity contribution in [2.75, 3.05) is 0 Å². The second-order valence-corrected chi connectivity index (χ2v) is 4.37. The lowest BCUT2D eigenvalue weighted by Gasteiger charge is -2.15. The Morgan fingerprint density at radius 3 is 2.53 bits per heavy atom. The molecule has 0 aliphatic carbocycles. The molecule has 0 aliphatic heterocycles. The maximum atomic E-state index is 11.6. The van der Waals surface area contributed by atoms with Crippen LogP contribution in [0.5, 0.6) is 0 Å². The molecule has 0 saturated carbocycles. The highest BCUT2D eigenvalue weighted by molar-refractivity contribution is 5.85. The van der Waals surface area contributed by atoms with Crippen molar-refractivity contribution < 1.29 is 9.72 Å². The van der Waals surface area contributed by atoms with Gasteiger partial charge >= 0.3 is 0 Å². The van der Waals surface area contributed by atoms with Gasteiger partial charge in [-0.2, -0.15) is 0 Å². The first-order chi connectivity index (χ1) is 8.43. The van der Waals surface area contributed by atoms with E-state index in [4.69, 9.17) is 5.73 Å². The average Bonchev–Trinajstić information content (AvgIpc) is 2.35. The number of amides is 1. The van der Waals surface area contributed by atoms with Crippen LogP contribution in [-0.4, -0.2) is 16.9 Å². The molecule has 0 aliphatic rings. The Morgan fingerprint density at radius 1 is 1.42 bits per heavy atom. The van der Waals surface area contributed by atoms with E-state index in [2.05, 4.69) is 5.32 Å². The molecule has 0 fully saturated rings. The molecule has 1 amide bonds. The predicted octanol–water partition coefficient (Wildman–Crippen LogP) is 1.62. The third kappa shape index (κ3) is 4.84. The van der Waals surface area contributed by atoms with Gasteiger partial charge in [0.05, 0.1) is 11.0 Å². The topological polar surface area (TPSA) is 98.3 Å². The summed E-state index contributed by atoms with van der Waals surface area (Å²) in [7, 11) is 0. The van der Waals surface area contributed by atoms with E-state index in [9.17, 15) is 14.9 Å². The summed E-state index contributed by atoms with van der Waals surface area (Å²) >= 11 is 0. The Hall–Kier alpha value is -1.66. The second kappa shape index (κ2) is 7.70. The van der Waals surface area contributed by atoms with Crippen molar-refractivity contribution in [2.45, 2.75) is 26.4 Å². The minimum atomic E-state index is -0.604. The van der Waals surface area contributed by atoms with Crippen molar-refractivity contribution >= 4 is 24.0 Å². The summed E-state index contributed by atoms with van der Waals surface area (Å²) in [5.41, 5.74) is 6.14. The summed E-state index contributed by atoms with van der Waals surface area (Å²) in [5.74, 6) is -0.279. The quantitative estimate of drug-likeness (QED) is 0.635. The maximum absolute atomic E-state index is 11.6. The minimum Gasteiger partial charge on any atom is -0.350 e. The van der Waals surface area contributed by atoms with Crippen LogP contribution < -0.4 is 11.1 Å². The van der Waals surface area contributed by atoms with Gasteiger partial charge in [0, 0.05) is 18.2 Å². The van der Waals surface area contributed by atoms with E-state index in [1.807, 2.05) is 13.8 Å². The fourth-order valence-corrected chi connectivity index (χ4v) is 1.44. The van der Waals surface area contributed by atoms with Crippen LogP contribution in [0.4, 0.5) is 5.69 Å². The fourth-order valence-electron chi connectivity index (χ4n) is 1.44. The molecule has 0 spiro atoms. The van der Waals surface area contributed by atoms with Crippen LogP contribution in [0.25, 0.3) is 0 Å². The summed E-state index contributed by atoms with van der Waals surface area (Å²) in [6.07, 6.45) is 0. The molecule has 1 atom stereocenters. The van der Waals surface area contributed by atoms with Crippen LogP contribution in [0.15, 0.2) is 24.3 Å². The van der Waals surface area contributed by atoms with Gasteiger partial charge in [-0.25, -0.2) is 0 Å². The van der Waals surface area contributed by atoms with Crippen LogP contribution in [0, 0.1) is 16.0 Å². The first-order valence-electron chi connectivity index (χ1n) is 5.69. The molecule has 106 valence electrons. The number of benzene rings is 1. The van der Waals surface area contributed by atoms with Crippen molar-refractivity contribution in [3.05, 3.63) is 39.9 Å². The van der Waals surface area contributed by atoms with Crippen LogP contribution in [0.2, 0.25) is 0 Å². The normalized spacial score (nSPS) is 11.6. The number of nitro benzene ring substituents is 1. The third-order valence-corrected chi connectivity index (χ3v) is 2.66. The van der Waals surface area contributed by atoms with E-state index in [0.29, 0.717) is 5.56 Å². The highest BCUT2D eigenvalue weighted by Gasteiger charge is 2.18. The lowest BCUT2D eigenvalue weighted by molar-refractivity contribution is -0.385. The molecule has 1 rings (SSSR count). The standard InChI is InChI=1S/C12H17N3O3.ClH/c1-8(2)11(13)12(16)14-7-9-5-3-4-6-10(9)15(17)18;/h3-6,8,11H,7,13H2,1-2H3,(H,14,16);1H. The van der Waals surface area contributed by atoms with Gasteiger partial charge in [-0.1, -0.05) is 32.0 Å². The van der Waals surface area contributed by atoms with Gasteiger partial charge in [-0.05, 0) is 5.92 Å².